The van der Waals surface area contributed by atoms with Crippen molar-refractivity contribution in [3.8, 4) is 5.69 Å². The van der Waals surface area contributed by atoms with Gasteiger partial charge in [0.25, 0.3) is 0 Å². The van der Waals surface area contributed by atoms with Crippen LogP contribution in [-0.2, 0) is 26.1 Å². The number of sulfonamides is 1. The van der Waals surface area contributed by atoms with Crippen molar-refractivity contribution in [1.82, 2.24) is 19.4 Å². The Balaban J connectivity index is 1.67. The minimum Gasteiger partial charge on any atom is -0.468 e. The second kappa shape index (κ2) is 7.56. The third-order valence-corrected chi connectivity index (χ3v) is 6.69. The number of nitrogens with zero attached hydrogens (tertiary/aromatic N) is 3. The van der Waals surface area contributed by atoms with E-state index in [9.17, 15) is 13.2 Å². The van der Waals surface area contributed by atoms with Crippen LogP contribution >= 0.6 is 0 Å². The Morgan fingerprint density at radius 2 is 2.12 bits per heavy atom. The molecule has 2 unspecified atom stereocenters. The van der Waals surface area contributed by atoms with Gasteiger partial charge in [-0.15, -0.1) is 0 Å². The highest BCUT2D eigenvalue weighted by Gasteiger charge is 2.39. The molecule has 9 heteroatoms. The van der Waals surface area contributed by atoms with Gasteiger partial charge in [0.05, 0.1) is 24.2 Å². The predicted molar refractivity (Wildman–Crippen MR) is 96.2 cm³/mol. The molecule has 3 rings (SSSR count). The van der Waals surface area contributed by atoms with Gasteiger partial charge in [0.15, 0.2) is 0 Å². The molecule has 1 aromatic carbocycles. The number of methoxy groups -OCH3 is 1. The number of carbonyl (C=O) groups excluding carboxylic acids is 1. The molecule has 2 aromatic rings. The predicted octanol–water partition coefficient (Wildman–Crippen LogP) is 0.537. The average Bonchev–Trinajstić information content (AvgIpc) is 3.31. The Kier molecular flexibility index (Phi) is 5.40. The SMILES string of the molecule is COC(=O)C1CC(S(=O)(=O)N(C)Cc2cnn(-c3ccccc3)c2)CN1. The molecule has 1 N–H and O–H groups in total. The lowest BCUT2D eigenvalue weighted by Crippen LogP contribution is -2.36. The minimum absolute atomic E-state index is 0.211. The van der Waals surface area contributed by atoms with E-state index >= 15 is 0 Å². The molecule has 1 aromatic heterocycles. The van der Waals surface area contributed by atoms with E-state index in [1.54, 1.807) is 17.9 Å². The molecule has 2 heterocycles. The summed E-state index contributed by atoms with van der Waals surface area (Å²) in [6.45, 7) is 0.449. The first-order valence-corrected chi connectivity index (χ1v) is 9.77. The smallest absolute Gasteiger partial charge is 0.322 e. The number of hydrogen-bond donors (Lipinski definition) is 1. The number of hydrogen-bond acceptors (Lipinski definition) is 6. The van der Waals surface area contributed by atoms with Gasteiger partial charge in [-0.05, 0) is 18.6 Å². The number of para-hydroxylation sites is 1. The summed E-state index contributed by atoms with van der Waals surface area (Å²) in [6.07, 6.45) is 3.68. The number of benzene rings is 1. The van der Waals surface area contributed by atoms with Crippen LogP contribution in [0.25, 0.3) is 5.69 Å². The summed E-state index contributed by atoms with van der Waals surface area (Å²) >= 11 is 0. The van der Waals surface area contributed by atoms with Crippen LogP contribution in [0.4, 0.5) is 0 Å². The summed E-state index contributed by atoms with van der Waals surface area (Å²) in [5.41, 5.74) is 1.69. The summed E-state index contributed by atoms with van der Waals surface area (Å²) in [4.78, 5) is 11.6. The zero-order chi connectivity index (χ0) is 18.7. The second-order valence-corrected chi connectivity index (χ2v) is 8.59. The Labute approximate surface area is 152 Å². The second-order valence-electron chi connectivity index (χ2n) is 6.27. The summed E-state index contributed by atoms with van der Waals surface area (Å²) in [6, 6.07) is 9.03. The van der Waals surface area contributed by atoms with Crippen molar-refractivity contribution in [1.29, 1.82) is 0 Å². The minimum atomic E-state index is -3.54. The molecule has 0 aliphatic carbocycles. The van der Waals surface area contributed by atoms with E-state index in [1.165, 1.54) is 11.4 Å². The van der Waals surface area contributed by atoms with E-state index < -0.39 is 27.3 Å². The molecule has 8 nitrogen and oxygen atoms in total. The van der Waals surface area contributed by atoms with Crippen LogP contribution in [-0.4, -0.2) is 60.5 Å². The fraction of sp³-hybridized carbons (Fsp3) is 0.412. The highest BCUT2D eigenvalue weighted by Crippen LogP contribution is 2.20. The van der Waals surface area contributed by atoms with Gasteiger partial charge in [-0.2, -0.15) is 5.10 Å². The number of esters is 1. The Hall–Kier alpha value is -2.23. The standard InChI is InChI=1S/C17H22N4O4S/c1-20(26(23,24)15-8-16(18-10-15)17(22)25-2)11-13-9-19-21(12-13)14-6-4-3-5-7-14/h3-7,9,12,15-16,18H,8,10-11H2,1-2H3. The van der Waals surface area contributed by atoms with Crippen molar-refractivity contribution in [2.24, 2.45) is 0 Å². The van der Waals surface area contributed by atoms with Crippen molar-refractivity contribution in [3.05, 3.63) is 48.3 Å². The molecule has 1 fully saturated rings. The molecule has 26 heavy (non-hydrogen) atoms. The van der Waals surface area contributed by atoms with E-state index in [-0.39, 0.29) is 19.5 Å². The number of rotatable bonds is 6. The lowest BCUT2D eigenvalue weighted by atomic mass is 10.2. The fourth-order valence-corrected chi connectivity index (χ4v) is 4.60. The Morgan fingerprint density at radius 3 is 2.81 bits per heavy atom. The van der Waals surface area contributed by atoms with Gasteiger partial charge < -0.3 is 10.1 Å². The van der Waals surface area contributed by atoms with Gasteiger partial charge in [0.1, 0.15) is 6.04 Å². The highest BCUT2D eigenvalue weighted by atomic mass is 32.2. The first-order valence-electron chi connectivity index (χ1n) is 8.27. The molecule has 2 atom stereocenters. The molecule has 1 aliphatic heterocycles. The maximum atomic E-state index is 12.8. The van der Waals surface area contributed by atoms with Crippen LogP contribution in [0.2, 0.25) is 0 Å². The average molecular weight is 378 g/mol. The van der Waals surface area contributed by atoms with E-state index in [0.717, 1.165) is 11.3 Å². The van der Waals surface area contributed by atoms with Crippen LogP contribution in [0.5, 0.6) is 0 Å². The molecular weight excluding hydrogens is 356 g/mol. The van der Waals surface area contributed by atoms with Crippen LogP contribution < -0.4 is 5.32 Å². The molecule has 140 valence electrons. The fourth-order valence-electron chi connectivity index (χ4n) is 3.02. The van der Waals surface area contributed by atoms with Crippen LogP contribution in [0.15, 0.2) is 42.7 Å². The Bertz CT molecular complexity index is 866. The molecule has 0 amide bonds. The summed E-state index contributed by atoms with van der Waals surface area (Å²) in [5.74, 6) is -0.436. The summed E-state index contributed by atoms with van der Waals surface area (Å²) in [7, 11) is -0.705. The van der Waals surface area contributed by atoms with Gasteiger partial charge in [-0.1, -0.05) is 18.2 Å². The third kappa shape index (κ3) is 3.79. The monoisotopic (exact) mass is 378 g/mol. The molecule has 0 bridgehead atoms. The number of aromatic nitrogens is 2. The zero-order valence-electron chi connectivity index (χ0n) is 14.7. The number of ether oxygens (including phenoxy) is 1. The van der Waals surface area contributed by atoms with Crippen molar-refractivity contribution >= 4 is 16.0 Å². The van der Waals surface area contributed by atoms with Crippen molar-refractivity contribution < 1.29 is 17.9 Å². The topological polar surface area (TPSA) is 93.5 Å². The first kappa shape index (κ1) is 18.6. The normalized spacial score (nSPS) is 20.4. The van der Waals surface area contributed by atoms with Gasteiger partial charge in [-0.3, -0.25) is 4.79 Å². The molecular formula is C17H22N4O4S. The van der Waals surface area contributed by atoms with Gasteiger partial charge in [-0.25, -0.2) is 17.4 Å². The summed E-state index contributed by atoms with van der Waals surface area (Å²) in [5, 5.41) is 6.55. The molecule has 0 radical (unpaired) electrons. The molecule has 0 spiro atoms. The van der Waals surface area contributed by atoms with E-state index in [0.29, 0.717) is 0 Å². The summed E-state index contributed by atoms with van der Waals surface area (Å²) < 4.78 is 33.2. The third-order valence-electron chi connectivity index (χ3n) is 4.49. The number of carbonyl (C=O) groups is 1. The van der Waals surface area contributed by atoms with Crippen molar-refractivity contribution in [3.63, 3.8) is 0 Å². The van der Waals surface area contributed by atoms with Crippen LogP contribution in [0, 0.1) is 0 Å². The van der Waals surface area contributed by atoms with Gasteiger partial charge in [0.2, 0.25) is 10.0 Å². The Morgan fingerprint density at radius 1 is 1.38 bits per heavy atom. The lowest BCUT2D eigenvalue weighted by molar-refractivity contribution is -0.142. The van der Waals surface area contributed by atoms with E-state index in [2.05, 4.69) is 15.2 Å². The maximum absolute atomic E-state index is 12.8. The lowest BCUT2D eigenvalue weighted by Gasteiger charge is -2.20. The molecule has 1 saturated heterocycles. The van der Waals surface area contributed by atoms with Gasteiger partial charge >= 0.3 is 5.97 Å². The highest BCUT2D eigenvalue weighted by molar-refractivity contribution is 7.89. The quantitative estimate of drug-likeness (QED) is 0.738. The zero-order valence-corrected chi connectivity index (χ0v) is 15.5. The van der Waals surface area contributed by atoms with Gasteiger partial charge in [0, 0.05) is 31.9 Å². The maximum Gasteiger partial charge on any atom is 0.322 e. The molecule has 1 aliphatic rings. The molecule has 0 saturated carbocycles. The first-order chi connectivity index (χ1) is 12.4. The van der Waals surface area contributed by atoms with E-state index in [4.69, 9.17) is 0 Å². The largest absolute Gasteiger partial charge is 0.468 e. The van der Waals surface area contributed by atoms with Crippen LogP contribution in [0.3, 0.4) is 0 Å². The van der Waals surface area contributed by atoms with Crippen LogP contribution in [0.1, 0.15) is 12.0 Å². The van der Waals surface area contributed by atoms with Crippen molar-refractivity contribution in [2.45, 2.75) is 24.3 Å². The number of nitrogens with one attached hydrogen (secondary N) is 1. The van der Waals surface area contributed by atoms with E-state index in [1.807, 2.05) is 36.5 Å². The van der Waals surface area contributed by atoms with Crippen molar-refractivity contribution in [2.75, 3.05) is 20.7 Å².